The molecule has 3 rings (SSSR count). The van der Waals surface area contributed by atoms with Crippen LogP contribution in [0.25, 0.3) is 0 Å². The lowest BCUT2D eigenvalue weighted by Crippen LogP contribution is -2.39. The first kappa shape index (κ1) is 14.2. The van der Waals surface area contributed by atoms with Crippen molar-refractivity contribution in [3.63, 3.8) is 0 Å². The van der Waals surface area contributed by atoms with Crippen LogP contribution in [-0.4, -0.2) is 30.9 Å². The zero-order valence-corrected chi connectivity index (χ0v) is 11.2. The van der Waals surface area contributed by atoms with Gasteiger partial charge in [0.05, 0.1) is 11.7 Å². The maximum absolute atomic E-state index is 12.4. The molecule has 1 heterocycles. The molecule has 1 saturated carbocycles. The van der Waals surface area contributed by atoms with Crippen LogP contribution in [0.15, 0.2) is 24.3 Å². The Morgan fingerprint density at radius 1 is 1.19 bits per heavy atom. The van der Waals surface area contributed by atoms with Crippen LogP contribution in [0.2, 0.25) is 0 Å². The van der Waals surface area contributed by atoms with Crippen molar-refractivity contribution in [3.05, 3.63) is 24.3 Å². The van der Waals surface area contributed by atoms with E-state index in [1.54, 1.807) is 6.07 Å². The number of alkyl halides is 3. The molecule has 1 atom stereocenters. The Morgan fingerprint density at radius 3 is 2.57 bits per heavy atom. The first-order valence-electron chi connectivity index (χ1n) is 6.86. The highest BCUT2D eigenvalue weighted by Gasteiger charge is 2.38. The number of halogens is 3. The molecule has 0 radical (unpaired) electrons. The summed E-state index contributed by atoms with van der Waals surface area (Å²) in [5, 5.41) is 3.22. The molecular formula is C14H15F3N2O2. The van der Waals surface area contributed by atoms with Gasteiger partial charge in [0.25, 0.3) is 0 Å². The van der Waals surface area contributed by atoms with E-state index in [-0.39, 0.29) is 23.4 Å². The number of anilines is 1. The van der Waals surface area contributed by atoms with Crippen molar-refractivity contribution in [2.75, 3.05) is 11.4 Å². The SMILES string of the molecule is O=C1C(NC2CC2)CCN1c1ccccc1OC(F)(F)F. The van der Waals surface area contributed by atoms with Crippen molar-refractivity contribution in [2.45, 2.75) is 37.7 Å². The van der Waals surface area contributed by atoms with Gasteiger partial charge in [-0.1, -0.05) is 12.1 Å². The second-order valence-electron chi connectivity index (χ2n) is 5.29. The molecule has 1 N–H and O–H groups in total. The third kappa shape index (κ3) is 3.29. The summed E-state index contributed by atoms with van der Waals surface area (Å²) in [6, 6.07) is 5.80. The van der Waals surface area contributed by atoms with Gasteiger partial charge in [0.15, 0.2) is 5.75 Å². The number of carbonyl (C=O) groups is 1. The molecule has 1 aromatic carbocycles. The zero-order valence-electron chi connectivity index (χ0n) is 11.2. The predicted octanol–water partition coefficient (Wildman–Crippen LogP) is 2.44. The molecule has 21 heavy (non-hydrogen) atoms. The van der Waals surface area contributed by atoms with E-state index in [2.05, 4.69) is 10.1 Å². The highest BCUT2D eigenvalue weighted by molar-refractivity contribution is 6.00. The van der Waals surface area contributed by atoms with Crippen LogP contribution < -0.4 is 15.0 Å². The van der Waals surface area contributed by atoms with Crippen molar-refractivity contribution in [1.82, 2.24) is 5.32 Å². The van der Waals surface area contributed by atoms with Crippen molar-refractivity contribution in [1.29, 1.82) is 0 Å². The van der Waals surface area contributed by atoms with Gasteiger partial charge in [-0.2, -0.15) is 0 Å². The standard InChI is InChI=1S/C14H15F3N2O2/c15-14(16,17)21-12-4-2-1-3-11(12)19-8-7-10(13(19)20)18-9-5-6-9/h1-4,9-10,18H,5-8H2. The second kappa shape index (κ2) is 5.22. The quantitative estimate of drug-likeness (QED) is 0.928. The summed E-state index contributed by atoms with van der Waals surface area (Å²) in [7, 11) is 0. The molecule has 114 valence electrons. The van der Waals surface area contributed by atoms with Crippen LogP contribution in [0, 0.1) is 0 Å². The molecule has 1 unspecified atom stereocenters. The van der Waals surface area contributed by atoms with Gasteiger partial charge in [0.2, 0.25) is 5.91 Å². The Morgan fingerprint density at radius 2 is 1.90 bits per heavy atom. The van der Waals surface area contributed by atoms with Gasteiger partial charge in [-0.25, -0.2) is 0 Å². The smallest absolute Gasteiger partial charge is 0.404 e. The molecular weight excluding hydrogens is 285 g/mol. The molecule has 1 amide bonds. The van der Waals surface area contributed by atoms with Gasteiger partial charge in [-0.05, 0) is 31.4 Å². The summed E-state index contributed by atoms with van der Waals surface area (Å²) in [5.74, 6) is -0.537. The Labute approximate surface area is 119 Å². The average Bonchev–Trinajstić information content (AvgIpc) is 3.14. The van der Waals surface area contributed by atoms with Crippen LogP contribution >= 0.6 is 0 Å². The van der Waals surface area contributed by atoms with Gasteiger partial charge in [0.1, 0.15) is 0 Å². The molecule has 0 bridgehead atoms. The molecule has 7 heteroatoms. The zero-order chi connectivity index (χ0) is 15.0. The van der Waals surface area contributed by atoms with E-state index in [0.29, 0.717) is 19.0 Å². The lowest BCUT2D eigenvalue weighted by atomic mass is 10.2. The van der Waals surface area contributed by atoms with Crippen molar-refractivity contribution in [2.24, 2.45) is 0 Å². The molecule has 0 aromatic heterocycles. The average molecular weight is 300 g/mol. The number of hydrogen-bond donors (Lipinski definition) is 1. The number of carbonyl (C=O) groups excluding carboxylic acids is 1. The Hall–Kier alpha value is -1.76. The van der Waals surface area contributed by atoms with Crippen LogP contribution in [0.3, 0.4) is 0 Å². The largest absolute Gasteiger partial charge is 0.573 e. The highest BCUT2D eigenvalue weighted by atomic mass is 19.4. The normalized spacial score (nSPS) is 22.7. The highest BCUT2D eigenvalue weighted by Crippen LogP contribution is 2.35. The minimum atomic E-state index is -4.77. The molecule has 2 aliphatic rings. The minimum absolute atomic E-state index is 0.167. The minimum Gasteiger partial charge on any atom is -0.404 e. The number of benzene rings is 1. The topological polar surface area (TPSA) is 41.6 Å². The molecule has 1 aliphatic carbocycles. The molecule has 1 aliphatic heterocycles. The molecule has 1 saturated heterocycles. The summed E-state index contributed by atoms with van der Waals surface area (Å²) in [6.45, 7) is 0.390. The van der Waals surface area contributed by atoms with E-state index < -0.39 is 6.36 Å². The number of ether oxygens (including phenoxy) is 1. The van der Waals surface area contributed by atoms with Crippen LogP contribution in [0.1, 0.15) is 19.3 Å². The van der Waals surface area contributed by atoms with Crippen molar-refractivity contribution < 1.29 is 22.7 Å². The van der Waals surface area contributed by atoms with Crippen molar-refractivity contribution in [3.8, 4) is 5.75 Å². The molecule has 0 spiro atoms. The Bertz CT molecular complexity index is 543. The fourth-order valence-electron chi connectivity index (χ4n) is 2.50. The van der Waals surface area contributed by atoms with E-state index in [9.17, 15) is 18.0 Å². The molecule has 4 nitrogen and oxygen atoms in total. The summed E-state index contributed by atoms with van der Waals surface area (Å²) >= 11 is 0. The van der Waals surface area contributed by atoms with Gasteiger partial charge in [-0.3, -0.25) is 4.79 Å². The number of rotatable bonds is 4. The third-order valence-electron chi connectivity index (χ3n) is 3.60. The van der Waals surface area contributed by atoms with E-state index in [1.807, 2.05) is 0 Å². The van der Waals surface area contributed by atoms with E-state index in [0.717, 1.165) is 12.8 Å². The maximum Gasteiger partial charge on any atom is 0.573 e. The monoisotopic (exact) mass is 300 g/mol. The number of amides is 1. The summed E-state index contributed by atoms with van der Waals surface area (Å²) < 4.78 is 41.3. The van der Waals surface area contributed by atoms with Gasteiger partial charge in [0, 0.05) is 12.6 Å². The fourth-order valence-corrected chi connectivity index (χ4v) is 2.50. The first-order valence-corrected chi connectivity index (χ1v) is 6.86. The number of nitrogens with zero attached hydrogens (tertiary/aromatic N) is 1. The van der Waals surface area contributed by atoms with Crippen LogP contribution in [0.5, 0.6) is 5.75 Å². The Balaban J connectivity index is 1.78. The van der Waals surface area contributed by atoms with Gasteiger partial charge < -0.3 is 15.0 Å². The number of para-hydroxylation sites is 2. The lowest BCUT2D eigenvalue weighted by molar-refractivity contribution is -0.274. The predicted molar refractivity (Wildman–Crippen MR) is 70.0 cm³/mol. The Kier molecular flexibility index (Phi) is 3.52. The summed E-state index contributed by atoms with van der Waals surface area (Å²) in [5.41, 5.74) is 0.167. The molecule has 2 fully saturated rings. The lowest BCUT2D eigenvalue weighted by Gasteiger charge is -2.21. The van der Waals surface area contributed by atoms with E-state index in [4.69, 9.17) is 0 Å². The van der Waals surface area contributed by atoms with Crippen LogP contribution in [0.4, 0.5) is 18.9 Å². The second-order valence-corrected chi connectivity index (χ2v) is 5.29. The van der Waals surface area contributed by atoms with E-state index in [1.165, 1.54) is 23.1 Å². The van der Waals surface area contributed by atoms with Gasteiger partial charge >= 0.3 is 6.36 Å². The number of hydrogen-bond acceptors (Lipinski definition) is 3. The third-order valence-corrected chi connectivity index (χ3v) is 3.60. The first-order chi connectivity index (χ1) is 9.94. The summed E-state index contributed by atoms with van der Waals surface area (Å²) in [6.07, 6.45) is -2.07. The number of nitrogens with one attached hydrogen (secondary N) is 1. The van der Waals surface area contributed by atoms with Gasteiger partial charge in [-0.15, -0.1) is 13.2 Å². The fraction of sp³-hybridized carbons (Fsp3) is 0.500. The van der Waals surface area contributed by atoms with Crippen molar-refractivity contribution >= 4 is 11.6 Å². The maximum atomic E-state index is 12.4. The van der Waals surface area contributed by atoms with Crippen LogP contribution in [-0.2, 0) is 4.79 Å². The van der Waals surface area contributed by atoms with E-state index >= 15 is 0 Å². The molecule has 1 aromatic rings. The summed E-state index contributed by atoms with van der Waals surface area (Å²) in [4.78, 5) is 13.7.